The van der Waals surface area contributed by atoms with Crippen molar-refractivity contribution in [1.29, 1.82) is 5.26 Å². The van der Waals surface area contributed by atoms with Gasteiger partial charge in [-0.3, -0.25) is 0 Å². The number of nitrogens with zero attached hydrogens (tertiary/aromatic N) is 4. The van der Waals surface area contributed by atoms with Gasteiger partial charge in [0.05, 0.1) is 29.5 Å². The van der Waals surface area contributed by atoms with Crippen molar-refractivity contribution in [2.75, 3.05) is 0 Å². The number of pyridine rings is 1. The highest BCUT2D eigenvalue weighted by Gasteiger charge is 2.15. The molecule has 0 unspecified atom stereocenters. The predicted molar refractivity (Wildman–Crippen MR) is 112 cm³/mol. The van der Waals surface area contributed by atoms with Crippen LogP contribution in [0.2, 0.25) is 0 Å². The van der Waals surface area contributed by atoms with Crippen molar-refractivity contribution in [1.82, 2.24) is 14.5 Å². The summed E-state index contributed by atoms with van der Waals surface area (Å²) in [6.07, 6.45) is 13.3. The predicted octanol–water partition coefficient (Wildman–Crippen LogP) is 5.21. The fraction of sp³-hybridized carbons (Fsp3) is 0.348. The van der Waals surface area contributed by atoms with Crippen molar-refractivity contribution < 1.29 is 0 Å². The summed E-state index contributed by atoms with van der Waals surface area (Å²) in [6.45, 7) is 0.771. The van der Waals surface area contributed by atoms with Gasteiger partial charge in [-0.1, -0.05) is 37.5 Å². The minimum atomic E-state index is 0.689. The largest absolute Gasteiger partial charge is 0.330 e. The van der Waals surface area contributed by atoms with Gasteiger partial charge in [-0.05, 0) is 42.2 Å². The second-order valence-corrected chi connectivity index (χ2v) is 8.70. The molecular formula is C23H24N4S. The van der Waals surface area contributed by atoms with Crippen molar-refractivity contribution in [3.05, 3.63) is 77.5 Å². The molecule has 1 aromatic carbocycles. The molecule has 0 bridgehead atoms. The van der Waals surface area contributed by atoms with E-state index >= 15 is 0 Å². The Labute approximate surface area is 170 Å². The molecule has 2 aromatic heterocycles. The standard InChI is InChI=1S/C23H24N4S/c24-13-19-8-6-18(7-9-19)12-21-15-25-17-27(21)16-20-10-11-23(26-14-20)28-22-4-2-1-3-5-22/h6-11,14-15,17,22H,1-5,12,16H2. The summed E-state index contributed by atoms with van der Waals surface area (Å²) in [4.78, 5) is 9.01. The third-order valence-corrected chi connectivity index (χ3v) is 6.54. The molecule has 4 rings (SSSR count). The van der Waals surface area contributed by atoms with Crippen LogP contribution in [-0.4, -0.2) is 19.8 Å². The molecule has 0 radical (unpaired) electrons. The Kier molecular flexibility index (Phi) is 6.08. The summed E-state index contributed by atoms with van der Waals surface area (Å²) in [7, 11) is 0. The first kappa shape index (κ1) is 18.8. The van der Waals surface area contributed by atoms with Gasteiger partial charge in [0.2, 0.25) is 0 Å². The number of hydrogen-bond donors (Lipinski definition) is 0. The Morgan fingerprint density at radius 1 is 1.00 bits per heavy atom. The lowest BCUT2D eigenvalue weighted by Crippen LogP contribution is -2.08. The monoisotopic (exact) mass is 388 g/mol. The highest BCUT2D eigenvalue weighted by Crippen LogP contribution is 2.32. The van der Waals surface area contributed by atoms with Crippen LogP contribution in [0.4, 0.5) is 0 Å². The zero-order valence-electron chi connectivity index (χ0n) is 15.9. The Bertz CT molecular complexity index is 932. The SMILES string of the molecule is N#Cc1ccc(Cc2cncn2Cc2ccc(SC3CCCCC3)nc2)cc1. The van der Waals surface area contributed by atoms with E-state index in [0.717, 1.165) is 28.9 Å². The average Bonchev–Trinajstić information content (AvgIpc) is 3.17. The maximum Gasteiger partial charge on any atom is 0.0991 e. The number of imidazole rings is 1. The summed E-state index contributed by atoms with van der Waals surface area (Å²) in [5.41, 5.74) is 4.21. The molecule has 1 aliphatic rings. The third-order valence-electron chi connectivity index (χ3n) is 5.26. The van der Waals surface area contributed by atoms with E-state index in [1.54, 1.807) is 0 Å². The Hall–Kier alpha value is -2.58. The van der Waals surface area contributed by atoms with Crippen LogP contribution in [0, 0.1) is 11.3 Å². The average molecular weight is 389 g/mol. The van der Waals surface area contributed by atoms with Crippen LogP contribution in [0.15, 0.2) is 60.1 Å². The van der Waals surface area contributed by atoms with E-state index in [2.05, 4.69) is 32.7 Å². The van der Waals surface area contributed by atoms with Crippen LogP contribution in [0.25, 0.3) is 0 Å². The molecule has 0 amide bonds. The number of aromatic nitrogens is 3. The van der Waals surface area contributed by atoms with Crippen LogP contribution in [0.5, 0.6) is 0 Å². The Balaban J connectivity index is 1.39. The van der Waals surface area contributed by atoms with E-state index in [1.165, 1.54) is 43.2 Å². The van der Waals surface area contributed by atoms with Crippen LogP contribution < -0.4 is 0 Å². The van der Waals surface area contributed by atoms with Gasteiger partial charge < -0.3 is 4.57 Å². The van der Waals surface area contributed by atoms with Crippen LogP contribution in [0.3, 0.4) is 0 Å². The number of nitriles is 1. The lowest BCUT2D eigenvalue weighted by molar-refractivity contribution is 0.515. The van der Waals surface area contributed by atoms with Gasteiger partial charge in [0.15, 0.2) is 0 Å². The molecule has 0 aliphatic heterocycles. The van der Waals surface area contributed by atoms with Crippen LogP contribution in [0.1, 0.15) is 54.5 Å². The molecule has 3 aromatic rings. The smallest absolute Gasteiger partial charge is 0.0991 e. The van der Waals surface area contributed by atoms with Crippen LogP contribution in [-0.2, 0) is 13.0 Å². The zero-order chi connectivity index (χ0) is 19.2. The molecule has 0 spiro atoms. The molecule has 1 fully saturated rings. The summed E-state index contributed by atoms with van der Waals surface area (Å²) >= 11 is 1.94. The van der Waals surface area contributed by atoms with E-state index in [9.17, 15) is 0 Å². The molecule has 1 aliphatic carbocycles. The third kappa shape index (κ3) is 4.82. The number of benzene rings is 1. The van der Waals surface area contributed by atoms with Crippen molar-refractivity contribution >= 4 is 11.8 Å². The first-order valence-electron chi connectivity index (χ1n) is 9.90. The number of rotatable bonds is 6. The van der Waals surface area contributed by atoms with Gasteiger partial charge in [0.25, 0.3) is 0 Å². The first-order chi connectivity index (χ1) is 13.8. The van der Waals surface area contributed by atoms with Gasteiger partial charge in [0, 0.05) is 29.8 Å². The molecule has 28 heavy (non-hydrogen) atoms. The van der Waals surface area contributed by atoms with Gasteiger partial charge in [-0.25, -0.2) is 9.97 Å². The van der Waals surface area contributed by atoms with E-state index in [-0.39, 0.29) is 0 Å². The Morgan fingerprint density at radius 2 is 1.79 bits per heavy atom. The first-order valence-corrected chi connectivity index (χ1v) is 10.8. The Morgan fingerprint density at radius 3 is 2.50 bits per heavy atom. The molecule has 142 valence electrons. The maximum absolute atomic E-state index is 8.93. The minimum absolute atomic E-state index is 0.689. The fourth-order valence-electron chi connectivity index (χ4n) is 3.67. The molecule has 0 saturated heterocycles. The molecule has 0 atom stereocenters. The van der Waals surface area contributed by atoms with Gasteiger partial charge >= 0.3 is 0 Å². The topological polar surface area (TPSA) is 54.5 Å². The van der Waals surface area contributed by atoms with E-state index in [4.69, 9.17) is 5.26 Å². The van der Waals surface area contributed by atoms with Crippen molar-refractivity contribution in [3.63, 3.8) is 0 Å². The highest BCUT2D eigenvalue weighted by atomic mass is 32.2. The summed E-state index contributed by atoms with van der Waals surface area (Å²) in [5.74, 6) is 0. The second-order valence-electron chi connectivity index (χ2n) is 7.38. The molecule has 2 heterocycles. The van der Waals surface area contributed by atoms with Gasteiger partial charge in [-0.15, -0.1) is 11.8 Å². The molecule has 1 saturated carbocycles. The van der Waals surface area contributed by atoms with E-state index < -0.39 is 0 Å². The van der Waals surface area contributed by atoms with E-state index in [1.807, 2.05) is 54.7 Å². The number of hydrogen-bond acceptors (Lipinski definition) is 4. The normalized spacial score (nSPS) is 14.7. The second kappa shape index (κ2) is 9.07. The molecule has 5 heteroatoms. The highest BCUT2D eigenvalue weighted by molar-refractivity contribution is 7.99. The quantitative estimate of drug-likeness (QED) is 0.581. The molecule has 0 N–H and O–H groups in total. The summed E-state index contributed by atoms with van der Waals surface area (Å²) < 4.78 is 2.17. The van der Waals surface area contributed by atoms with Gasteiger partial charge in [-0.2, -0.15) is 5.26 Å². The number of thioether (sulfide) groups is 1. The van der Waals surface area contributed by atoms with Gasteiger partial charge in [0.1, 0.15) is 0 Å². The minimum Gasteiger partial charge on any atom is -0.330 e. The molecule has 4 nitrogen and oxygen atoms in total. The van der Waals surface area contributed by atoms with Crippen molar-refractivity contribution in [2.24, 2.45) is 0 Å². The lowest BCUT2D eigenvalue weighted by atomic mass is 10.0. The van der Waals surface area contributed by atoms with Crippen LogP contribution >= 0.6 is 11.8 Å². The fourth-order valence-corrected chi connectivity index (χ4v) is 4.84. The summed E-state index contributed by atoms with van der Waals surface area (Å²) in [5, 5.41) is 10.8. The zero-order valence-corrected chi connectivity index (χ0v) is 16.7. The lowest BCUT2D eigenvalue weighted by Gasteiger charge is -2.20. The van der Waals surface area contributed by atoms with Crippen molar-refractivity contribution in [2.45, 2.75) is 55.3 Å². The van der Waals surface area contributed by atoms with E-state index in [0.29, 0.717) is 5.56 Å². The maximum atomic E-state index is 8.93. The van der Waals surface area contributed by atoms with Crippen molar-refractivity contribution in [3.8, 4) is 6.07 Å². The molecular weight excluding hydrogens is 364 g/mol. The summed E-state index contributed by atoms with van der Waals surface area (Å²) in [6, 6.07) is 14.2.